The van der Waals surface area contributed by atoms with Gasteiger partial charge in [0.15, 0.2) is 0 Å². The molecule has 1 aliphatic carbocycles. The molecule has 1 aliphatic heterocycles. The molecule has 4 nitrogen and oxygen atoms in total. The summed E-state index contributed by atoms with van der Waals surface area (Å²) >= 11 is 0. The highest BCUT2D eigenvalue weighted by atomic mass is 19.4. The van der Waals surface area contributed by atoms with Crippen LogP contribution >= 0.6 is 0 Å². The van der Waals surface area contributed by atoms with Crippen molar-refractivity contribution in [2.45, 2.75) is 70.8 Å². The van der Waals surface area contributed by atoms with Crippen LogP contribution in [-0.4, -0.2) is 30.5 Å². The number of alkyl halides is 6. The average molecular weight is 555 g/mol. The molecule has 0 spiro atoms. The van der Waals surface area contributed by atoms with E-state index in [9.17, 15) is 31.1 Å². The summed E-state index contributed by atoms with van der Waals surface area (Å²) in [6, 6.07) is 6.31. The summed E-state index contributed by atoms with van der Waals surface area (Å²) in [7, 11) is 1.56. The van der Waals surface area contributed by atoms with Crippen molar-refractivity contribution in [1.29, 1.82) is 0 Å². The zero-order valence-electron chi connectivity index (χ0n) is 22.3. The van der Waals surface area contributed by atoms with Crippen LogP contribution in [0.1, 0.15) is 74.6 Å². The number of nitrogens with two attached hydrogens (primary N) is 1. The highest BCUT2D eigenvalue weighted by Gasteiger charge is 2.43. The van der Waals surface area contributed by atoms with E-state index in [-0.39, 0.29) is 35.9 Å². The zero-order chi connectivity index (χ0) is 28.9. The largest absolute Gasteiger partial charge is 0.496 e. The van der Waals surface area contributed by atoms with Crippen LogP contribution in [-0.2, 0) is 17.1 Å². The number of methoxy groups -OCH3 is 1. The molecule has 212 valence electrons. The van der Waals surface area contributed by atoms with Crippen molar-refractivity contribution in [3.63, 3.8) is 0 Å². The maximum atomic E-state index is 13.5. The van der Waals surface area contributed by atoms with Gasteiger partial charge in [0, 0.05) is 36.2 Å². The van der Waals surface area contributed by atoms with Crippen molar-refractivity contribution in [2.24, 2.45) is 5.41 Å². The SMILES string of the molecule is COc1ccc(N)cc1C1=C(CN2C(=O)C[C@H](c3cc(C(F)(F)F)cc(C(F)(F)F)c3)[C@@H]2C)CC(C)(C)CC1. The second kappa shape index (κ2) is 10.1. The van der Waals surface area contributed by atoms with Gasteiger partial charge in [0.25, 0.3) is 0 Å². The predicted octanol–water partition coefficient (Wildman–Crippen LogP) is 7.68. The van der Waals surface area contributed by atoms with Crippen molar-refractivity contribution in [3.05, 3.63) is 64.2 Å². The van der Waals surface area contributed by atoms with Gasteiger partial charge in [-0.15, -0.1) is 0 Å². The number of nitrogens with zero attached hydrogens (tertiary/aromatic N) is 1. The summed E-state index contributed by atoms with van der Waals surface area (Å²) in [5.74, 6) is -0.490. The van der Waals surface area contributed by atoms with Crippen molar-refractivity contribution in [1.82, 2.24) is 4.90 Å². The molecule has 0 saturated carbocycles. The molecular weight excluding hydrogens is 522 g/mol. The Morgan fingerprint density at radius 2 is 1.64 bits per heavy atom. The first-order valence-electron chi connectivity index (χ1n) is 12.7. The van der Waals surface area contributed by atoms with Crippen LogP contribution in [0.15, 0.2) is 42.0 Å². The average Bonchev–Trinajstić information content (AvgIpc) is 3.10. The summed E-state index contributed by atoms with van der Waals surface area (Å²) < 4.78 is 86.4. The van der Waals surface area contributed by atoms with Crippen LogP contribution < -0.4 is 10.5 Å². The van der Waals surface area contributed by atoms with Gasteiger partial charge >= 0.3 is 12.4 Å². The quantitative estimate of drug-likeness (QED) is 0.305. The van der Waals surface area contributed by atoms with Gasteiger partial charge in [-0.25, -0.2) is 0 Å². The summed E-state index contributed by atoms with van der Waals surface area (Å²) in [6.07, 6.45) is -7.81. The standard InChI is InChI=1S/C29H32F6N2O2/c1-16-23(17-9-19(28(30,31)32)11-20(10-17)29(33,34)35)13-26(38)37(16)15-18-14-27(2,3)8-7-22(18)24-12-21(36)5-6-25(24)39-4/h5-6,9-12,16,23H,7-8,13-15,36H2,1-4H3/t16-,23-/m0/s1. The molecule has 10 heteroatoms. The number of anilines is 1. The lowest BCUT2D eigenvalue weighted by Crippen LogP contribution is -2.36. The number of benzene rings is 2. The van der Waals surface area contributed by atoms with Crippen LogP contribution in [0.2, 0.25) is 0 Å². The van der Waals surface area contributed by atoms with Gasteiger partial charge in [-0.2, -0.15) is 26.3 Å². The number of hydrogen-bond acceptors (Lipinski definition) is 3. The first-order chi connectivity index (χ1) is 18.0. The van der Waals surface area contributed by atoms with Crippen molar-refractivity contribution in [2.75, 3.05) is 19.4 Å². The third kappa shape index (κ3) is 6.04. The molecule has 4 rings (SSSR count). The summed E-state index contributed by atoms with van der Waals surface area (Å²) in [5, 5.41) is 0. The fourth-order valence-corrected chi connectivity index (χ4v) is 5.80. The van der Waals surface area contributed by atoms with E-state index in [1.54, 1.807) is 31.1 Å². The second-order valence-corrected chi connectivity index (χ2v) is 11.3. The van der Waals surface area contributed by atoms with Gasteiger partial charge in [0.05, 0.1) is 18.2 Å². The number of carbonyl (C=O) groups is 1. The van der Waals surface area contributed by atoms with Crippen molar-refractivity contribution in [3.8, 4) is 5.75 Å². The zero-order valence-corrected chi connectivity index (χ0v) is 22.3. The Balaban J connectivity index is 1.73. The Morgan fingerprint density at radius 3 is 2.21 bits per heavy atom. The number of carbonyl (C=O) groups excluding carboxylic acids is 1. The number of ether oxygens (including phenoxy) is 1. The lowest BCUT2D eigenvalue weighted by molar-refractivity contribution is -0.143. The lowest BCUT2D eigenvalue weighted by Gasteiger charge is -2.36. The number of nitrogen functional groups attached to an aromatic ring is 1. The Bertz CT molecular complexity index is 1260. The summed E-state index contributed by atoms with van der Waals surface area (Å²) in [4.78, 5) is 14.8. The van der Waals surface area contributed by atoms with E-state index >= 15 is 0 Å². The summed E-state index contributed by atoms with van der Waals surface area (Å²) in [5.41, 5.74) is 6.47. The highest BCUT2D eigenvalue weighted by molar-refractivity contribution is 5.82. The topological polar surface area (TPSA) is 55.6 Å². The molecule has 1 saturated heterocycles. The van der Waals surface area contributed by atoms with Gasteiger partial charge in [0.2, 0.25) is 5.91 Å². The number of allylic oxidation sites excluding steroid dienone is 1. The second-order valence-electron chi connectivity index (χ2n) is 11.3. The van der Waals surface area contributed by atoms with Crippen molar-refractivity contribution >= 4 is 17.2 Å². The molecule has 0 unspecified atom stereocenters. The van der Waals surface area contributed by atoms with Gasteiger partial charge in [-0.1, -0.05) is 13.8 Å². The third-order valence-electron chi connectivity index (χ3n) is 7.91. The monoisotopic (exact) mass is 554 g/mol. The normalized spacial score (nSPS) is 22.0. The van der Waals surface area contributed by atoms with E-state index in [1.807, 2.05) is 6.07 Å². The Kier molecular flexibility index (Phi) is 7.46. The van der Waals surface area contributed by atoms with E-state index in [4.69, 9.17) is 10.5 Å². The molecule has 0 radical (unpaired) electrons. The van der Waals surface area contributed by atoms with Crippen LogP contribution in [0.4, 0.5) is 32.0 Å². The van der Waals surface area contributed by atoms with Gasteiger partial charge < -0.3 is 15.4 Å². The molecule has 2 N–H and O–H groups in total. The fourth-order valence-electron chi connectivity index (χ4n) is 5.80. The fraction of sp³-hybridized carbons (Fsp3) is 0.483. The molecular formula is C29H32F6N2O2. The van der Waals surface area contributed by atoms with E-state index in [1.165, 1.54) is 0 Å². The molecule has 1 amide bonds. The smallest absolute Gasteiger partial charge is 0.416 e. The highest BCUT2D eigenvalue weighted by Crippen LogP contribution is 2.47. The maximum Gasteiger partial charge on any atom is 0.416 e. The number of rotatable bonds is 5. The van der Waals surface area contributed by atoms with E-state index in [0.29, 0.717) is 24.3 Å². The predicted molar refractivity (Wildman–Crippen MR) is 137 cm³/mol. The third-order valence-corrected chi connectivity index (χ3v) is 7.91. The Labute approximate surface area is 223 Å². The Hall–Kier alpha value is -3.17. The van der Waals surface area contributed by atoms with E-state index in [0.717, 1.165) is 35.3 Å². The lowest BCUT2D eigenvalue weighted by atomic mass is 9.72. The van der Waals surface area contributed by atoms with Crippen LogP contribution in [0.3, 0.4) is 0 Å². The van der Waals surface area contributed by atoms with Gasteiger partial charge in [-0.3, -0.25) is 4.79 Å². The number of amides is 1. The minimum Gasteiger partial charge on any atom is -0.496 e. The minimum atomic E-state index is -4.95. The molecule has 39 heavy (non-hydrogen) atoms. The summed E-state index contributed by atoms with van der Waals surface area (Å²) in [6.45, 7) is 6.15. The van der Waals surface area contributed by atoms with Crippen LogP contribution in [0.5, 0.6) is 5.75 Å². The number of likely N-dealkylation sites (tertiary alicyclic amines) is 1. The number of halogens is 6. The molecule has 2 atom stereocenters. The molecule has 2 aromatic rings. The number of hydrogen-bond donors (Lipinski definition) is 1. The molecule has 2 aromatic carbocycles. The molecule has 0 aromatic heterocycles. The van der Waals surface area contributed by atoms with Gasteiger partial charge in [0.1, 0.15) is 5.75 Å². The Morgan fingerprint density at radius 1 is 1.03 bits per heavy atom. The van der Waals surface area contributed by atoms with Crippen LogP contribution in [0.25, 0.3) is 5.57 Å². The molecule has 1 heterocycles. The molecule has 0 bridgehead atoms. The van der Waals surface area contributed by atoms with E-state index in [2.05, 4.69) is 13.8 Å². The minimum absolute atomic E-state index is 0.0551. The first-order valence-corrected chi connectivity index (χ1v) is 12.7. The van der Waals surface area contributed by atoms with Crippen molar-refractivity contribution < 1.29 is 35.9 Å². The van der Waals surface area contributed by atoms with Crippen LogP contribution in [0, 0.1) is 5.41 Å². The maximum absolute atomic E-state index is 13.5. The molecule has 1 fully saturated rings. The van der Waals surface area contributed by atoms with E-state index < -0.39 is 35.4 Å². The first kappa shape index (κ1) is 28.8. The molecule has 2 aliphatic rings. The van der Waals surface area contributed by atoms with Gasteiger partial charge in [-0.05, 0) is 84.7 Å².